The normalized spacial score (nSPS) is 21.7. The molecule has 0 saturated heterocycles. The molecule has 154 valence electrons. The van der Waals surface area contributed by atoms with E-state index < -0.39 is 23.9 Å². The highest BCUT2D eigenvalue weighted by Crippen LogP contribution is 2.50. The summed E-state index contributed by atoms with van der Waals surface area (Å²) in [5.41, 5.74) is 5.23. The van der Waals surface area contributed by atoms with Crippen molar-refractivity contribution in [2.45, 2.75) is 58.3 Å². The van der Waals surface area contributed by atoms with E-state index in [0.29, 0.717) is 19.4 Å². The lowest BCUT2D eigenvalue weighted by atomic mass is 9.88. The third-order valence-corrected chi connectivity index (χ3v) is 5.67. The molecule has 0 bridgehead atoms. The Labute approximate surface area is 161 Å². The summed E-state index contributed by atoms with van der Waals surface area (Å²) < 4.78 is 29.7. The van der Waals surface area contributed by atoms with Gasteiger partial charge in [-0.05, 0) is 37.5 Å². The fraction of sp³-hybridized carbons (Fsp3) is 0.684. The molecule has 0 unspecified atom stereocenters. The Morgan fingerprint density at radius 1 is 1.39 bits per heavy atom. The first-order chi connectivity index (χ1) is 13.3. The maximum absolute atomic E-state index is 12.6. The number of hydrogen-bond donors (Lipinski definition) is 2. The minimum Gasteiger partial charge on any atom is -0.355 e. The number of hydrogen-bond acceptors (Lipinski definition) is 6. The predicted octanol–water partition coefficient (Wildman–Crippen LogP) is 2.98. The Morgan fingerprint density at radius 2 is 2.14 bits per heavy atom. The Kier molecular flexibility index (Phi) is 6.22. The SMILES string of the molecule is CC1(C[C@H](CC(=O)c2cc(C(F)F)on2)C(=O)NNC[C@@H]2CCCC2=O)CC1. The van der Waals surface area contributed by atoms with Crippen LogP contribution in [0.4, 0.5) is 8.78 Å². The van der Waals surface area contributed by atoms with Crippen LogP contribution in [-0.2, 0) is 9.59 Å². The lowest BCUT2D eigenvalue weighted by Crippen LogP contribution is -2.44. The van der Waals surface area contributed by atoms with Crippen molar-refractivity contribution in [2.75, 3.05) is 6.54 Å². The van der Waals surface area contributed by atoms with Crippen LogP contribution >= 0.6 is 0 Å². The van der Waals surface area contributed by atoms with Crippen LogP contribution in [0.25, 0.3) is 0 Å². The summed E-state index contributed by atoms with van der Waals surface area (Å²) in [6.45, 7) is 2.41. The summed E-state index contributed by atoms with van der Waals surface area (Å²) in [4.78, 5) is 36.7. The highest BCUT2D eigenvalue weighted by Gasteiger charge is 2.41. The highest BCUT2D eigenvalue weighted by molar-refractivity contribution is 5.97. The van der Waals surface area contributed by atoms with E-state index >= 15 is 0 Å². The largest absolute Gasteiger partial charge is 0.355 e. The van der Waals surface area contributed by atoms with Crippen molar-refractivity contribution in [2.24, 2.45) is 17.3 Å². The molecular formula is C19H25F2N3O4. The Bertz CT molecular complexity index is 745. The predicted molar refractivity (Wildman–Crippen MR) is 94.3 cm³/mol. The van der Waals surface area contributed by atoms with E-state index in [1.54, 1.807) is 0 Å². The van der Waals surface area contributed by atoms with Gasteiger partial charge in [-0.3, -0.25) is 19.8 Å². The van der Waals surface area contributed by atoms with Gasteiger partial charge in [-0.15, -0.1) is 0 Å². The molecule has 9 heteroatoms. The second kappa shape index (κ2) is 8.46. The van der Waals surface area contributed by atoms with Crippen LogP contribution in [0.3, 0.4) is 0 Å². The van der Waals surface area contributed by atoms with Gasteiger partial charge in [-0.2, -0.15) is 0 Å². The highest BCUT2D eigenvalue weighted by atomic mass is 19.3. The second-order valence-corrected chi connectivity index (χ2v) is 8.18. The second-order valence-electron chi connectivity index (χ2n) is 8.18. The average Bonchev–Trinajstić information content (AvgIpc) is 3.03. The van der Waals surface area contributed by atoms with Gasteiger partial charge in [0.25, 0.3) is 6.43 Å². The summed E-state index contributed by atoms with van der Waals surface area (Å²) in [6, 6.07) is 0.921. The zero-order chi connectivity index (χ0) is 20.3. The number of hydrazine groups is 1. The molecule has 2 aliphatic rings. The number of nitrogens with one attached hydrogen (secondary N) is 2. The van der Waals surface area contributed by atoms with E-state index in [0.717, 1.165) is 31.7 Å². The Hall–Kier alpha value is -2.16. The summed E-state index contributed by atoms with van der Waals surface area (Å²) in [5.74, 6) is -2.03. The molecule has 7 nitrogen and oxygen atoms in total. The fourth-order valence-corrected chi connectivity index (χ4v) is 3.59. The zero-order valence-electron chi connectivity index (χ0n) is 15.8. The summed E-state index contributed by atoms with van der Waals surface area (Å²) in [6.07, 6.45) is 1.75. The number of Topliss-reactive ketones (excluding diaryl/α,β-unsaturated/α-hetero) is 2. The van der Waals surface area contributed by atoms with Gasteiger partial charge in [0, 0.05) is 37.3 Å². The minimum absolute atomic E-state index is 0.0155. The Balaban J connectivity index is 1.57. The van der Waals surface area contributed by atoms with E-state index in [9.17, 15) is 23.2 Å². The summed E-state index contributed by atoms with van der Waals surface area (Å²) in [7, 11) is 0. The molecule has 0 aromatic carbocycles. The smallest absolute Gasteiger partial charge is 0.298 e. The molecule has 0 aliphatic heterocycles. The first kappa shape index (κ1) is 20.6. The maximum atomic E-state index is 12.6. The number of aromatic nitrogens is 1. The van der Waals surface area contributed by atoms with Crippen LogP contribution in [-0.4, -0.2) is 29.2 Å². The zero-order valence-corrected chi connectivity index (χ0v) is 15.8. The van der Waals surface area contributed by atoms with Gasteiger partial charge in [0.1, 0.15) is 11.5 Å². The molecule has 1 aromatic heterocycles. The van der Waals surface area contributed by atoms with Crippen LogP contribution in [0.2, 0.25) is 0 Å². The molecule has 3 rings (SSSR count). The van der Waals surface area contributed by atoms with Crippen LogP contribution in [0.5, 0.6) is 0 Å². The van der Waals surface area contributed by atoms with Crippen molar-refractivity contribution in [3.8, 4) is 0 Å². The van der Waals surface area contributed by atoms with Crippen LogP contribution in [0, 0.1) is 17.3 Å². The molecule has 28 heavy (non-hydrogen) atoms. The molecule has 1 heterocycles. The maximum Gasteiger partial charge on any atom is 0.298 e. The van der Waals surface area contributed by atoms with E-state index in [-0.39, 0.29) is 35.1 Å². The molecule has 2 fully saturated rings. The number of nitrogens with zero attached hydrogens (tertiary/aromatic N) is 1. The number of ketones is 2. The first-order valence-electron chi connectivity index (χ1n) is 9.61. The summed E-state index contributed by atoms with van der Waals surface area (Å²) in [5, 5.41) is 3.40. The molecule has 1 amide bonds. The molecule has 2 N–H and O–H groups in total. The molecule has 0 spiro atoms. The van der Waals surface area contributed by atoms with E-state index in [2.05, 4.69) is 20.5 Å². The van der Waals surface area contributed by atoms with Gasteiger partial charge in [-0.25, -0.2) is 14.2 Å². The van der Waals surface area contributed by atoms with E-state index in [1.165, 1.54) is 0 Å². The van der Waals surface area contributed by atoms with Gasteiger partial charge in [0.05, 0.1) is 0 Å². The number of alkyl halides is 2. The Morgan fingerprint density at radius 3 is 2.71 bits per heavy atom. The van der Waals surface area contributed by atoms with Gasteiger partial charge in [0.2, 0.25) is 11.7 Å². The quantitative estimate of drug-likeness (QED) is 0.465. The van der Waals surface area contributed by atoms with E-state index in [1.807, 2.05) is 6.92 Å². The van der Waals surface area contributed by atoms with Crippen molar-refractivity contribution >= 4 is 17.5 Å². The van der Waals surface area contributed by atoms with Crippen LogP contribution < -0.4 is 10.9 Å². The number of amides is 1. The van der Waals surface area contributed by atoms with Gasteiger partial charge >= 0.3 is 0 Å². The van der Waals surface area contributed by atoms with Crippen LogP contribution in [0.1, 0.15) is 74.5 Å². The third-order valence-electron chi connectivity index (χ3n) is 5.67. The minimum atomic E-state index is -2.85. The molecule has 0 radical (unpaired) electrons. The number of carbonyl (C=O) groups is 3. The third kappa shape index (κ3) is 5.21. The topological polar surface area (TPSA) is 101 Å². The molecule has 2 atom stereocenters. The molecule has 2 aliphatic carbocycles. The first-order valence-corrected chi connectivity index (χ1v) is 9.61. The van der Waals surface area contributed by atoms with Crippen LogP contribution in [0.15, 0.2) is 10.6 Å². The van der Waals surface area contributed by atoms with Crippen molar-refractivity contribution in [1.29, 1.82) is 0 Å². The van der Waals surface area contributed by atoms with E-state index in [4.69, 9.17) is 0 Å². The van der Waals surface area contributed by atoms with Crippen molar-refractivity contribution in [1.82, 2.24) is 16.0 Å². The van der Waals surface area contributed by atoms with Gasteiger partial charge < -0.3 is 4.52 Å². The number of halogens is 2. The lowest BCUT2D eigenvalue weighted by molar-refractivity contribution is -0.127. The molecular weight excluding hydrogens is 372 g/mol. The van der Waals surface area contributed by atoms with Crippen molar-refractivity contribution in [3.63, 3.8) is 0 Å². The summed E-state index contributed by atoms with van der Waals surface area (Å²) >= 11 is 0. The molecule has 1 aromatic rings. The number of rotatable bonds is 10. The number of carbonyl (C=O) groups excluding carboxylic acids is 3. The van der Waals surface area contributed by atoms with Crippen molar-refractivity contribution < 1.29 is 27.7 Å². The fourth-order valence-electron chi connectivity index (χ4n) is 3.59. The average molecular weight is 397 g/mol. The van der Waals surface area contributed by atoms with Crippen molar-refractivity contribution in [3.05, 3.63) is 17.5 Å². The lowest BCUT2D eigenvalue weighted by Gasteiger charge is -2.20. The standard InChI is InChI=1S/C19H25F2N3O4/c1-19(5-6-19)9-12(7-15(26)13-8-16(17(20)21)28-24-13)18(27)23-22-10-11-3-2-4-14(11)25/h8,11-12,17,22H,2-7,9-10H2,1H3,(H,23,27)/t11-,12-/m0/s1. The monoisotopic (exact) mass is 397 g/mol. The van der Waals surface area contributed by atoms with Gasteiger partial charge in [-0.1, -0.05) is 12.1 Å². The molecule has 2 saturated carbocycles. The van der Waals surface area contributed by atoms with Gasteiger partial charge in [0.15, 0.2) is 5.78 Å².